The quantitative estimate of drug-likeness (QED) is 0.678. The third-order valence-electron chi connectivity index (χ3n) is 3.10. The number of furan rings is 1. The molecule has 1 amide bonds. The summed E-state index contributed by atoms with van der Waals surface area (Å²) < 4.78 is 10.6. The van der Waals surface area contributed by atoms with Gasteiger partial charge in [0.2, 0.25) is 5.76 Å². The van der Waals surface area contributed by atoms with Crippen LogP contribution in [-0.4, -0.2) is 24.5 Å². The molecule has 2 aromatic rings. The monoisotopic (exact) mass is 287 g/mol. The first kappa shape index (κ1) is 14.8. The van der Waals surface area contributed by atoms with E-state index in [2.05, 4.69) is 11.9 Å². The number of benzene rings is 1. The van der Waals surface area contributed by atoms with Crippen molar-refractivity contribution in [3.05, 3.63) is 48.2 Å². The molecule has 0 saturated carbocycles. The molecular weight excluding hydrogens is 270 g/mol. The van der Waals surface area contributed by atoms with Crippen molar-refractivity contribution in [2.75, 3.05) is 6.54 Å². The maximum absolute atomic E-state index is 12.1. The first-order valence-corrected chi connectivity index (χ1v) is 6.62. The number of para-hydroxylation sites is 1. The number of esters is 1. The van der Waals surface area contributed by atoms with Crippen LogP contribution in [0.4, 0.5) is 0 Å². The zero-order valence-electron chi connectivity index (χ0n) is 12.0. The van der Waals surface area contributed by atoms with Gasteiger partial charge in [0.25, 0.3) is 5.91 Å². The Morgan fingerprint density at radius 3 is 2.81 bits per heavy atom. The van der Waals surface area contributed by atoms with Crippen LogP contribution in [0.25, 0.3) is 11.0 Å². The molecule has 2 rings (SSSR count). The standard InChI is InChI=1S/C16H17NO4/c1-4-9-17-15(18)11(3)20-16(19)14-10(2)12-7-5-6-8-13(12)21-14/h4-8,11H,1,9H2,2-3H3,(H,17,18)/t11-/m0/s1. The SMILES string of the molecule is C=CCNC(=O)[C@H](C)OC(=O)c1oc2ccccc2c1C. The third kappa shape index (κ3) is 3.13. The number of fused-ring (bicyclic) bond motifs is 1. The van der Waals surface area contributed by atoms with E-state index in [9.17, 15) is 9.59 Å². The fraction of sp³-hybridized carbons (Fsp3) is 0.250. The van der Waals surface area contributed by atoms with Gasteiger partial charge in [-0.1, -0.05) is 24.3 Å². The minimum atomic E-state index is -0.898. The molecule has 5 heteroatoms. The molecule has 1 heterocycles. The van der Waals surface area contributed by atoms with Crippen molar-refractivity contribution in [2.24, 2.45) is 0 Å². The summed E-state index contributed by atoms with van der Waals surface area (Å²) in [5, 5.41) is 3.42. The van der Waals surface area contributed by atoms with Crippen LogP contribution in [0, 0.1) is 6.92 Å². The van der Waals surface area contributed by atoms with Crippen molar-refractivity contribution in [1.29, 1.82) is 0 Å². The molecular formula is C16H17NO4. The van der Waals surface area contributed by atoms with Gasteiger partial charge in [-0.25, -0.2) is 4.79 Å². The number of ether oxygens (including phenoxy) is 1. The summed E-state index contributed by atoms with van der Waals surface area (Å²) in [7, 11) is 0. The fourth-order valence-electron chi connectivity index (χ4n) is 1.95. The Morgan fingerprint density at radius 2 is 2.14 bits per heavy atom. The highest BCUT2D eigenvalue weighted by molar-refractivity contribution is 5.97. The summed E-state index contributed by atoms with van der Waals surface area (Å²) in [6.45, 7) is 7.11. The van der Waals surface area contributed by atoms with Crippen molar-refractivity contribution in [3.8, 4) is 0 Å². The van der Waals surface area contributed by atoms with Crippen molar-refractivity contribution in [2.45, 2.75) is 20.0 Å². The lowest BCUT2D eigenvalue weighted by Crippen LogP contribution is -2.35. The predicted molar refractivity (Wildman–Crippen MR) is 79.0 cm³/mol. The van der Waals surface area contributed by atoms with Crippen LogP contribution in [0.1, 0.15) is 23.0 Å². The van der Waals surface area contributed by atoms with Gasteiger partial charge in [0.05, 0.1) is 0 Å². The van der Waals surface area contributed by atoms with Crippen molar-refractivity contribution >= 4 is 22.8 Å². The highest BCUT2D eigenvalue weighted by Crippen LogP contribution is 2.25. The summed E-state index contributed by atoms with van der Waals surface area (Å²) >= 11 is 0. The second-order valence-electron chi connectivity index (χ2n) is 4.63. The second kappa shape index (κ2) is 6.26. The van der Waals surface area contributed by atoms with E-state index in [1.54, 1.807) is 19.1 Å². The van der Waals surface area contributed by atoms with Gasteiger partial charge in [-0.05, 0) is 19.9 Å². The molecule has 0 bridgehead atoms. The van der Waals surface area contributed by atoms with Gasteiger partial charge in [0, 0.05) is 17.5 Å². The summed E-state index contributed by atoms with van der Waals surface area (Å²) in [6.07, 6.45) is 0.653. The molecule has 0 saturated heterocycles. The molecule has 0 radical (unpaired) electrons. The Morgan fingerprint density at radius 1 is 1.43 bits per heavy atom. The Labute approximate surface area is 122 Å². The van der Waals surface area contributed by atoms with Crippen LogP contribution in [0.3, 0.4) is 0 Å². The summed E-state index contributed by atoms with van der Waals surface area (Å²) in [4.78, 5) is 23.8. The molecule has 1 N–H and O–H groups in total. The van der Waals surface area contributed by atoms with Gasteiger partial charge >= 0.3 is 5.97 Å². The maximum Gasteiger partial charge on any atom is 0.375 e. The average molecular weight is 287 g/mol. The van der Waals surface area contributed by atoms with Gasteiger partial charge in [0.15, 0.2) is 6.10 Å². The van der Waals surface area contributed by atoms with E-state index in [1.807, 2.05) is 18.2 Å². The van der Waals surface area contributed by atoms with Crippen LogP contribution >= 0.6 is 0 Å². The van der Waals surface area contributed by atoms with Gasteiger partial charge < -0.3 is 14.5 Å². The summed E-state index contributed by atoms with van der Waals surface area (Å²) in [5.41, 5.74) is 1.32. The molecule has 0 aliphatic rings. The smallest absolute Gasteiger partial charge is 0.375 e. The Hall–Kier alpha value is -2.56. The van der Waals surface area contributed by atoms with Crippen molar-refractivity contribution < 1.29 is 18.7 Å². The Bertz CT molecular complexity index is 687. The molecule has 110 valence electrons. The first-order chi connectivity index (χ1) is 10.0. The number of hydrogen-bond donors (Lipinski definition) is 1. The van der Waals surface area contributed by atoms with Gasteiger partial charge in [0.1, 0.15) is 5.58 Å². The van der Waals surface area contributed by atoms with E-state index in [4.69, 9.17) is 9.15 Å². The van der Waals surface area contributed by atoms with Crippen LogP contribution in [0.15, 0.2) is 41.3 Å². The van der Waals surface area contributed by atoms with E-state index in [0.29, 0.717) is 17.7 Å². The first-order valence-electron chi connectivity index (χ1n) is 6.62. The third-order valence-corrected chi connectivity index (χ3v) is 3.10. The molecule has 0 unspecified atom stereocenters. The minimum absolute atomic E-state index is 0.125. The van der Waals surface area contributed by atoms with Crippen LogP contribution in [-0.2, 0) is 9.53 Å². The summed E-state index contributed by atoms with van der Waals surface area (Å²) in [5.74, 6) is -0.901. The van der Waals surface area contributed by atoms with Crippen LogP contribution < -0.4 is 5.32 Å². The topological polar surface area (TPSA) is 68.5 Å². The second-order valence-corrected chi connectivity index (χ2v) is 4.63. The average Bonchev–Trinajstić information content (AvgIpc) is 2.82. The molecule has 21 heavy (non-hydrogen) atoms. The van der Waals surface area contributed by atoms with Crippen molar-refractivity contribution in [1.82, 2.24) is 5.32 Å². The lowest BCUT2D eigenvalue weighted by molar-refractivity contribution is -0.128. The van der Waals surface area contributed by atoms with Gasteiger partial charge in [-0.3, -0.25) is 4.79 Å². The highest BCUT2D eigenvalue weighted by atomic mass is 16.6. The minimum Gasteiger partial charge on any atom is -0.449 e. The normalized spacial score (nSPS) is 11.9. The fourth-order valence-corrected chi connectivity index (χ4v) is 1.95. The molecule has 5 nitrogen and oxygen atoms in total. The number of amides is 1. The number of carbonyl (C=O) groups is 2. The van der Waals surface area contributed by atoms with E-state index in [-0.39, 0.29) is 11.7 Å². The summed E-state index contributed by atoms with van der Waals surface area (Å²) in [6, 6.07) is 7.33. The predicted octanol–water partition coefficient (Wildman–Crippen LogP) is 2.59. The number of carbonyl (C=O) groups excluding carboxylic acids is 2. The van der Waals surface area contributed by atoms with E-state index in [1.165, 1.54) is 6.92 Å². The van der Waals surface area contributed by atoms with Crippen molar-refractivity contribution in [3.63, 3.8) is 0 Å². The molecule has 1 atom stereocenters. The van der Waals surface area contributed by atoms with Crippen LogP contribution in [0.2, 0.25) is 0 Å². The molecule has 1 aromatic heterocycles. The highest BCUT2D eigenvalue weighted by Gasteiger charge is 2.23. The number of hydrogen-bond acceptors (Lipinski definition) is 4. The lowest BCUT2D eigenvalue weighted by Gasteiger charge is -2.11. The molecule has 1 aromatic carbocycles. The van der Waals surface area contributed by atoms with Gasteiger partial charge in [-0.2, -0.15) is 0 Å². The molecule has 0 aliphatic carbocycles. The zero-order chi connectivity index (χ0) is 15.4. The Kier molecular flexibility index (Phi) is 4.42. The van der Waals surface area contributed by atoms with Gasteiger partial charge in [-0.15, -0.1) is 6.58 Å². The van der Waals surface area contributed by atoms with Crippen LogP contribution in [0.5, 0.6) is 0 Å². The molecule has 0 spiro atoms. The van der Waals surface area contributed by atoms with E-state index >= 15 is 0 Å². The number of nitrogens with one attached hydrogen (secondary N) is 1. The molecule has 0 fully saturated rings. The number of aryl methyl sites for hydroxylation is 1. The van der Waals surface area contributed by atoms with E-state index in [0.717, 1.165) is 5.39 Å². The Balaban J connectivity index is 2.13. The maximum atomic E-state index is 12.1. The number of rotatable bonds is 5. The largest absolute Gasteiger partial charge is 0.449 e. The lowest BCUT2D eigenvalue weighted by atomic mass is 10.1. The molecule has 0 aliphatic heterocycles. The van der Waals surface area contributed by atoms with E-state index < -0.39 is 12.1 Å². The zero-order valence-corrected chi connectivity index (χ0v) is 12.0.